The summed E-state index contributed by atoms with van der Waals surface area (Å²) in [7, 11) is 0. The second-order valence-corrected chi connectivity index (χ2v) is 9.25. The smallest absolute Gasteiger partial charge is 0.245 e. The molecule has 1 fully saturated rings. The van der Waals surface area contributed by atoms with Gasteiger partial charge in [-0.3, -0.25) is 0 Å². The third kappa shape index (κ3) is 6.69. The Labute approximate surface area is 227 Å². The normalized spacial score (nSPS) is 13.5. The lowest BCUT2D eigenvalue weighted by Gasteiger charge is -2.27. The lowest BCUT2D eigenvalue weighted by molar-refractivity contribution is 0.122. The number of ether oxygens (including phenoxy) is 1. The molecule has 0 aliphatic carbocycles. The van der Waals surface area contributed by atoms with Crippen LogP contribution in [0.5, 0.6) is 5.75 Å². The van der Waals surface area contributed by atoms with Crippen molar-refractivity contribution in [3.8, 4) is 16.9 Å². The van der Waals surface area contributed by atoms with Crippen LogP contribution in [-0.2, 0) is 11.2 Å². The van der Waals surface area contributed by atoms with Crippen LogP contribution in [0, 0.1) is 5.82 Å². The predicted molar refractivity (Wildman–Crippen MR) is 154 cm³/mol. The predicted octanol–water partition coefficient (Wildman–Crippen LogP) is 5.97. The first-order chi connectivity index (χ1) is 19.1. The number of hydrogen-bond acceptors (Lipinski definition) is 8. The highest BCUT2D eigenvalue weighted by Crippen LogP contribution is 2.27. The van der Waals surface area contributed by atoms with Gasteiger partial charge in [0.15, 0.2) is 11.6 Å². The lowest BCUT2D eigenvalue weighted by atomic mass is 10.0. The Morgan fingerprint density at radius 3 is 2.59 bits per heavy atom. The molecule has 1 saturated heterocycles. The lowest BCUT2D eigenvalue weighted by Crippen LogP contribution is -2.37. The monoisotopic (exact) mass is 526 g/mol. The summed E-state index contributed by atoms with van der Waals surface area (Å²) in [6.45, 7) is 4.39. The molecule has 0 atom stereocenters. The Hall–Kier alpha value is -4.50. The standard InChI is InChI=1S/C30H31FN6O2/c1-2-4-22-17-26(34-25-10-7-21(8-11-25)23-5-3-6-27(38)18-23)12-9-24(22)19-33-36-30-32-20-28(31)29(35-30)37-13-15-39-16-14-37/h3,5-12,17-20,34,38H,2,4,13-16H2,1H3,(H,32,35,36)/b33-19+. The molecular formula is C30H31FN6O2. The fourth-order valence-corrected chi connectivity index (χ4v) is 4.46. The van der Waals surface area contributed by atoms with E-state index in [0.717, 1.165) is 52.7 Å². The Morgan fingerprint density at radius 2 is 1.82 bits per heavy atom. The van der Waals surface area contributed by atoms with E-state index in [1.165, 1.54) is 0 Å². The third-order valence-corrected chi connectivity index (χ3v) is 6.42. The molecule has 4 aromatic rings. The van der Waals surface area contributed by atoms with E-state index in [-0.39, 0.29) is 17.5 Å². The molecule has 0 bridgehead atoms. The van der Waals surface area contributed by atoms with E-state index in [9.17, 15) is 9.50 Å². The summed E-state index contributed by atoms with van der Waals surface area (Å²) in [5, 5.41) is 17.5. The van der Waals surface area contributed by atoms with Crippen LogP contribution in [0.15, 0.2) is 78.0 Å². The summed E-state index contributed by atoms with van der Waals surface area (Å²) in [6.07, 6.45) is 4.77. The van der Waals surface area contributed by atoms with Crippen molar-refractivity contribution >= 4 is 29.4 Å². The van der Waals surface area contributed by atoms with Crippen molar-refractivity contribution in [2.45, 2.75) is 19.8 Å². The average Bonchev–Trinajstić information content (AvgIpc) is 2.96. The van der Waals surface area contributed by atoms with Gasteiger partial charge in [0.05, 0.1) is 25.6 Å². The number of nitrogens with zero attached hydrogens (tertiary/aromatic N) is 4. The zero-order valence-electron chi connectivity index (χ0n) is 21.8. The molecule has 5 rings (SSSR count). The number of aromatic nitrogens is 2. The third-order valence-electron chi connectivity index (χ3n) is 6.42. The Balaban J connectivity index is 1.26. The van der Waals surface area contributed by atoms with Crippen LogP contribution in [0.1, 0.15) is 24.5 Å². The number of hydrazone groups is 1. The molecule has 0 saturated carbocycles. The number of nitrogens with one attached hydrogen (secondary N) is 2. The average molecular weight is 527 g/mol. The van der Waals surface area contributed by atoms with Gasteiger partial charge in [0.2, 0.25) is 5.95 Å². The Morgan fingerprint density at radius 1 is 1.03 bits per heavy atom. The minimum absolute atomic E-state index is 0.235. The molecule has 2 heterocycles. The fourth-order valence-electron chi connectivity index (χ4n) is 4.46. The minimum atomic E-state index is -0.464. The van der Waals surface area contributed by atoms with Gasteiger partial charge in [-0.1, -0.05) is 43.7 Å². The van der Waals surface area contributed by atoms with E-state index in [2.05, 4.69) is 38.8 Å². The maximum absolute atomic E-state index is 14.3. The van der Waals surface area contributed by atoms with Crippen molar-refractivity contribution in [3.05, 3.63) is 89.9 Å². The number of aromatic hydroxyl groups is 1. The van der Waals surface area contributed by atoms with Crippen LogP contribution < -0.4 is 15.6 Å². The Kier molecular flexibility index (Phi) is 8.28. The maximum atomic E-state index is 14.3. The van der Waals surface area contributed by atoms with Crippen molar-refractivity contribution in [2.24, 2.45) is 5.10 Å². The van der Waals surface area contributed by atoms with Crippen molar-refractivity contribution < 1.29 is 14.2 Å². The van der Waals surface area contributed by atoms with Crippen molar-refractivity contribution in [2.75, 3.05) is 41.9 Å². The molecule has 0 amide bonds. The summed E-state index contributed by atoms with van der Waals surface area (Å²) in [5.74, 6) is 0.273. The van der Waals surface area contributed by atoms with E-state index < -0.39 is 5.82 Å². The van der Waals surface area contributed by atoms with Crippen LogP contribution in [0.2, 0.25) is 0 Å². The van der Waals surface area contributed by atoms with Gasteiger partial charge in [-0.2, -0.15) is 10.1 Å². The molecule has 0 spiro atoms. The SMILES string of the molecule is CCCc1cc(Nc2ccc(-c3cccc(O)c3)cc2)ccc1/C=N/Nc1ncc(F)c(N2CCOCC2)n1. The topological polar surface area (TPSA) is 94.9 Å². The number of halogens is 1. The molecule has 0 unspecified atom stereocenters. The van der Waals surface area contributed by atoms with Gasteiger partial charge in [0.1, 0.15) is 5.75 Å². The zero-order chi connectivity index (χ0) is 27.0. The number of morpholine rings is 1. The van der Waals surface area contributed by atoms with Crippen molar-refractivity contribution in [1.82, 2.24) is 9.97 Å². The summed E-state index contributed by atoms with van der Waals surface area (Å²) in [5.41, 5.74) is 8.91. The molecule has 39 heavy (non-hydrogen) atoms. The second-order valence-electron chi connectivity index (χ2n) is 9.25. The quantitative estimate of drug-likeness (QED) is 0.183. The van der Waals surface area contributed by atoms with Gasteiger partial charge in [-0.25, -0.2) is 14.8 Å². The maximum Gasteiger partial charge on any atom is 0.245 e. The van der Waals surface area contributed by atoms with E-state index in [1.54, 1.807) is 18.3 Å². The molecule has 1 aliphatic rings. The van der Waals surface area contributed by atoms with Gasteiger partial charge in [-0.05, 0) is 65.1 Å². The van der Waals surface area contributed by atoms with Crippen molar-refractivity contribution in [1.29, 1.82) is 0 Å². The van der Waals surface area contributed by atoms with Gasteiger partial charge >= 0.3 is 0 Å². The molecular weight excluding hydrogens is 495 g/mol. The van der Waals surface area contributed by atoms with E-state index in [1.807, 2.05) is 53.4 Å². The Bertz CT molecular complexity index is 1440. The van der Waals surface area contributed by atoms with Crippen molar-refractivity contribution in [3.63, 3.8) is 0 Å². The number of aryl methyl sites for hydroxylation is 1. The van der Waals surface area contributed by atoms with Crippen LogP contribution in [0.3, 0.4) is 0 Å². The van der Waals surface area contributed by atoms with Gasteiger partial charge in [0.25, 0.3) is 0 Å². The highest BCUT2D eigenvalue weighted by atomic mass is 19.1. The van der Waals surface area contributed by atoms with E-state index in [0.29, 0.717) is 26.3 Å². The van der Waals surface area contributed by atoms with Gasteiger partial charge < -0.3 is 20.1 Å². The van der Waals surface area contributed by atoms with E-state index >= 15 is 0 Å². The van der Waals surface area contributed by atoms with Crippen LogP contribution in [0.25, 0.3) is 11.1 Å². The van der Waals surface area contributed by atoms with Crippen LogP contribution >= 0.6 is 0 Å². The van der Waals surface area contributed by atoms with Gasteiger partial charge in [0, 0.05) is 24.5 Å². The number of hydrogen-bond donors (Lipinski definition) is 3. The van der Waals surface area contributed by atoms with Crippen LogP contribution in [0.4, 0.5) is 27.5 Å². The number of phenolic OH excluding ortho intramolecular Hbond substituents is 1. The molecule has 1 aromatic heterocycles. The summed E-state index contributed by atoms with van der Waals surface area (Å²) < 4.78 is 19.6. The number of anilines is 4. The molecule has 1 aliphatic heterocycles. The first-order valence-corrected chi connectivity index (χ1v) is 13.0. The second kappa shape index (κ2) is 12.4. The zero-order valence-corrected chi connectivity index (χ0v) is 21.8. The fraction of sp³-hybridized carbons (Fsp3) is 0.233. The van der Waals surface area contributed by atoms with Crippen LogP contribution in [-0.4, -0.2) is 47.6 Å². The highest BCUT2D eigenvalue weighted by Gasteiger charge is 2.17. The number of phenols is 1. The molecule has 200 valence electrons. The molecule has 3 aromatic carbocycles. The molecule has 8 nitrogen and oxygen atoms in total. The molecule has 3 N–H and O–H groups in total. The largest absolute Gasteiger partial charge is 0.508 e. The summed E-state index contributed by atoms with van der Waals surface area (Å²) in [6, 6.07) is 21.5. The summed E-state index contributed by atoms with van der Waals surface area (Å²) >= 11 is 0. The first-order valence-electron chi connectivity index (χ1n) is 13.0. The first kappa shape index (κ1) is 26.1. The molecule has 9 heteroatoms. The number of rotatable bonds is 9. The van der Waals surface area contributed by atoms with Gasteiger partial charge in [-0.15, -0.1) is 0 Å². The minimum Gasteiger partial charge on any atom is -0.508 e. The highest BCUT2D eigenvalue weighted by molar-refractivity contribution is 5.83. The van der Waals surface area contributed by atoms with E-state index in [4.69, 9.17) is 4.74 Å². The number of benzene rings is 3. The molecule has 0 radical (unpaired) electrons. The summed E-state index contributed by atoms with van der Waals surface area (Å²) in [4.78, 5) is 10.2.